The fourth-order valence-corrected chi connectivity index (χ4v) is 2.60. The van der Waals surface area contributed by atoms with E-state index >= 15 is 0 Å². The summed E-state index contributed by atoms with van der Waals surface area (Å²) in [5.74, 6) is 0.846. The number of hydrogen-bond donors (Lipinski definition) is 2. The van der Waals surface area contributed by atoms with Crippen molar-refractivity contribution in [3.05, 3.63) is 24.3 Å². The topological polar surface area (TPSA) is 64.3 Å². The van der Waals surface area contributed by atoms with Crippen LogP contribution in [0.15, 0.2) is 24.3 Å². The first kappa shape index (κ1) is 14.9. The minimum atomic E-state index is -0.447. The van der Waals surface area contributed by atoms with Crippen molar-refractivity contribution in [1.29, 1.82) is 0 Å². The number of benzene rings is 1. The zero-order valence-electron chi connectivity index (χ0n) is 12.3. The summed E-state index contributed by atoms with van der Waals surface area (Å²) >= 11 is 0. The third-order valence-corrected chi connectivity index (χ3v) is 4.13. The number of anilines is 1. The predicted octanol–water partition coefficient (Wildman–Crippen LogP) is 2.93. The van der Waals surface area contributed by atoms with Crippen molar-refractivity contribution in [3.8, 4) is 5.75 Å². The molecule has 2 unspecified atom stereocenters. The van der Waals surface area contributed by atoms with Gasteiger partial charge in [0.2, 0.25) is 5.91 Å². The van der Waals surface area contributed by atoms with E-state index in [0.29, 0.717) is 6.61 Å². The van der Waals surface area contributed by atoms with E-state index in [0.717, 1.165) is 37.1 Å². The molecule has 1 aromatic rings. The van der Waals surface area contributed by atoms with Crippen LogP contribution in [-0.4, -0.2) is 18.6 Å². The molecule has 1 amide bonds. The summed E-state index contributed by atoms with van der Waals surface area (Å²) in [5, 5.41) is 2.96. The lowest BCUT2D eigenvalue weighted by Crippen LogP contribution is -2.44. The van der Waals surface area contributed by atoms with Crippen molar-refractivity contribution in [3.63, 3.8) is 0 Å². The Balaban J connectivity index is 1.97. The lowest BCUT2D eigenvalue weighted by molar-refractivity contribution is -0.125. The molecular weight excluding hydrogens is 252 g/mol. The van der Waals surface area contributed by atoms with Crippen molar-refractivity contribution in [2.75, 3.05) is 11.9 Å². The second-order valence-electron chi connectivity index (χ2n) is 5.74. The molecule has 0 heterocycles. The van der Waals surface area contributed by atoms with Gasteiger partial charge in [-0.25, -0.2) is 0 Å². The number of rotatable bonds is 5. The molecule has 1 fully saturated rings. The molecule has 1 aromatic carbocycles. The second-order valence-corrected chi connectivity index (χ2v) is 5.74. The van der Waals surface area contributed by atoms with Gasteiger partial charge in [0.1, 0.15) is 5.75 Å². The monoisotopic (exact) mass is 276 g/mol. The molecule has 20 heavy (non-hydrogen) atoms. The number of carbonyl (C=O) groups is 1. The normalized spacial score (nSPS) is 25.4. The Kier molecular flexibility index (Phi) is 4.65. The lowest BCUT2D eigenvalue weighted by atomic mass is 9.84. The molecule has 110 valence electrons. The summed E-state index contributed by atoms with van der Waals surface area (Å²) in [6, 6.07) is 7.44. The third-order valence-electron chi connectivity index (χ3n) is 4.13. The second kappa shape index (κ2) is 6.27. The first-order chi connectivity index (χ1) is 9.56. The highest BCUT2D eigenvalue weighted by molar-refractivity contribution is 5.95. The summed E-state index contributed by atoms with van der Waals surface area (Å²) in [4.78, 5) is 12.4. The van der Waals surface area contributed by atoms with Crippen LogP contribution in [0.1, 0.15) is 39.5 Å². The lowest BCUT2D eigenvalue weighted by Gasteiger charge is -2.27. The molecular formula is C16H24N2O2. The molecule has 0 aromatic heterocycles. The molecule has 0 aliphatic heterocycles. The molecule has 0 saturated heterocycles. The molecule has 2 rings (SSSR count). The SMILES string of the molecule is CCCOc1ccc(NC(=O)C2(C)CCCC2N)cc1. The summed E-state index contributed by atoms with van der Waals surface area (Å²) in [6.07, 6.45) is 3.79. The Bertz CT molecular complexity index is 458. The van der Waals surface area contributed by atoms with Gasteiger partial charge in [0, 0.05) is 11.7 Å². The quantitative estimate of drug-likeness (QED) is 0.869. The first-order valence-corrected chi connectivity index (χ1v) is 7.36. The summed E-state index contributed by atoms with van der Waals surface area (Å²) < 4.78 is 5.52. The van der Waals surface area contributed by atoms with E-state index in [1.807, 2.05) is 31.2 Å². The smallest absolute Gasteiger partial charge is 0.231 e. The summed E-state index contributed by atoms with van der Waals surface area (Å²) in [5.41, 5.74) is 6.41. The Morgan fingerprint density at radius 3 is 2.70 bits per heavy atom. The van der Waals surface area contributed by atoms with E-state index in [2.05, 4.69) is 12.2 Å². The van der Waals surface area contributed by atoms with Gasteiger partial charge in [0.05, 0.1) is 12.0 Å². The minimum absolute atomic E-state index is 0.0183. The van der Waals surface area contributed by atoms with E-state index in [1.165, 1.54) is 0 Å². The fourth-order valence-electron chi connectivity index (χ4n) is 2.60. The van der Waals surface area contributed by atoms with Gasteiger partial charge in [-0.15, -0.1) is 0 Å². The Hall–Kier alpha value is -1.55. The largest absolute Gasteiger partial charge is 0.494 e. The predicted molar refractivity (Wildman–Crippen MR) is 80.8 cm³/mol. The molecule has 0 spiro atoms. The van der Waals surface area contributed by atoms with Crippen LogP contribution in [0.25, 0.3) is 0 Å². The molecule has 0 radical (unpaired) electrons. The van der Waals surface area contributed by atoms with Crippen LogP contribution in [0.4, 0.5) is 5.69 Å². The molecule has 4 heteroatoms. The van der Waals surface area contributed by atoms with Crippen LogP contribution in [0.5, 0.6) is 5.75 Å². The van der Waals surface area contributed by atoms with Gasteiger partial charge in [0.25, 0.3) is 0 Å². The van der Waals surface area contributed by atoms with Gasteiger partial charge in [-0.3, -0.25) is 4.79 Å². The van der Waals surface area contributed by atoms with Crippen LogP contribution in [-0.2, 0) is 4.79 Å². The fraction of sp³-hybridized carbons (Fsp3) is 0.562. The molecule has 4 nitrogen and oxygen atoms in total. The highest BCUT2D eigenvalue weighted by Crippen LogP contribution is 2.37. The van der Waals surface area contributed by atoms with Crippen LogP contribution in [0.2, 0.25) is 0 Å². The maximum atomic E-state index is 12.4. The molecule has 2 atom stereocenters. The average molecular weight is 276 g/mol. The Morgan fingerprint density at radius 1 is 1.45 bits per heavy atom. The number of nitrogens with two attached hydrogens (primary N) is 1. The highest BCUT2D eigenvalue weighted by Gasteiger charge is 2.42. The third kappa shape index (κ3) is 3.12. The summed E-state index contributed by atoms with van der Waals surface area (Å²) in [6.45, 7) is 4.73. The van der Waals surface area contributed by atoms with E-state index in [9.17, 15) is 4.79 Å². The summed E-state index contributed by atoms with van der Waals surface area (Å²) in [7, 11) is 0. The van der Waals surface area contributed by atoms with Crippen molar-refractivity contribution >= 4 is 11.6 Å². The van der Waals surface area contributed by atoms with E-state index in [1.54, 1.807) is 0 Å². The van der Waals surface area contributed by atoms with Crippen LogP contribution in [0, 0.1) is 5.41 Å². The molecule has 1 saturated carbocycles. The molecule has 1 aliphatic rings. The van der Waals surface area contributed by atoms with Crippen molar-refractivity contribution in [2.24, 2.45) is 11.1 Å². The van der Waals surface area contributed by atoms with Crippen LogP contribution in [0.3, 0.4) is 0 Å². The maximum absolute atomic E-state index is 12.4. The van der Waals surface area contributed by atoms with Gasteiger partial charge in [0.15, 0.2) is 0 Å². The average Bonchev–Trinajstić information content (AvgIpc) is 2.79. The van der Waals surface area contributed by atoms with Gasteiger partial charge >= 0.3 is 0 Å². The van der Waals surface area contributed by atoms with E-state index in [4.69, 9.17) is 10.5 Å². The molecule has 3 N–H and O–H groups in total. The minimum Gasteiger partial charge on any atom is -0.494 e. The van der Waals surface area contributed by atoms with Crippen molar-refractivity contribution in [1.82, 2.24) is 0 Å². The van der Waals surface area contributed by atoms with Gasteiger partial charge in [-0.2, -0.15) is 0 Å². The van der Waals surface area contributed by atoms with Crippen molar-refractivity contribution < 1.29 is 9.53 Å². The van der Waals surface area contributed by atoms with Crippen molar-refractivity contribution in [2.45, 2.75) is 45.6 Å². The Morgan fingerprint density at radius 2 is 2.15 bits per heavy atom. The van der Waals surface area contributed by atoms with Gasteiger partial charge < -0.3 is 15.8 Å². The maximum Gasteiger partial charge on any atom is 0.231 e. The Labute approximate surface area is 120 Å². The van der Waals surface area contributed by atoms with E-state index < -0.39 is 5.41 Å². The number of amides is 1. The van der Waals surface area contributed by atoms with Gasteiger partial charge in [-0.05, 0) is 50.5 Å². The number of nitrogens with one attached hydrogen (secondary N) is 1. The molecule has 0 bridgehead atoms. The number of ether oxygens (including phenoxy) is 1. The zero-order valence-corrected chi connectivity index (χ0v) is 12.3. The van der Waals surface area contributed by atoms with Crippen LogP contribution >= 0.6 is 0 Å². The number of hydrogen-bond acceptors (Lipinski definition) is 3. The number of carbonyl (C=O) groups excluding carboxylic acids is 1. The first-order valence-electron chi connectivity index (χ1n) is 7.36. The standard InChI is InChI=1S/C16H24N2O2/c1-3-11-20-13-8-6-12(7-9-13)18-15(19)16(2)10-4-5-14(16)17/h6-9,14H,3-5,10-11,17H2,1-2H3,(H,18,19). The van der Waals surface area contributed by atoms with E-state index in [-0.39, 0.29) is 11.9 Å². The van der Waals surface area contributed by atoms with Crippen LogP contribution < -0.4 is 15.8 Å². The van der Waals surface area contributed by atoms with Gasteiger partial charge in [-0.1, -0.05) is 13.3 Å². The molecule has 1 aliphatic carbocycles. The zero-order chi connectivity index (χ0) is 14.6. The highest BCUT2D eigenvalue weighted by atomic mass is 16.5.